The second-order valence-corrected chi connectivity index (χ2v) is 7.06. The van der Waals surface area contributed by atoms with Crippen molar-refractivity contribution in [3.05, 3.63) is 36.0 Å². The molecule has 1 amide bonds. The third-order valence-electron chi connectivity index (χ3n) is 5.45. The maximum absolute atomic E-state index is 12.9. The van der Waals surface area contributed by atoms with Gasteiger partial charge < -0.3 is 19.1 Å². The fourth-order valence-electron chi connectivity index (χ4n) is 3.79. The predicted molar refractivity (Wildman–Crippen MR) is 104 cm³/mol. The third kappa shape index (κ3) is 3.52. The van der Waals surface area contributed by atoms with E-state index in [1.807, 2.05) is 23.2 Å². The zero-order valence-corrected chi connectivity index (χ0v) is 15.9. The van der Waals surface area contributed by atoms with Gasteiger partial charge in [-0.15, -0.1) is 0 Å². The number of rotatable bonds is 5. The number of nitrogens with zero attached hydrogens (tertiary/aromatic N) is 4. The molecule has 0 saturated carbocycles. The van der Waals surface area contributed by atoms with Gasteiger partial charge in [0.1, 0.15) is 5.82 Å². The number of piperidine rings is 1. The standard InChI is InChI=1S/C20H30N4O/c1-5-22(6-2)19-10-9-18-8-7-16(15-24(18)19)20(25)23-13-11-17(12-14-23)21(3)4/h7-10,15,17H,5-6,11-14H2,1-4H3. The van der Waals surface area contributed by atoms with Gasteiger partial charge in [-0.3, -0.25) is 4.79 Å². The predicted octanol–water partition coefficient (Wildman–Crippen LogP) is 2.95. The van der Waals surface area contributed by atoms with Crippen molar-refractivity contribution in [3.8, 4) is 0 Å². The molecule has 3 rings (SSSR count). The Morgan fingerprint density at radius 3 is 2.32 bits per heavy atom. The first-order valence-electron chi connectivity index (χ1n) is 9.37. The first-order chi connectivity index (χ1) is 12.0. The van der Waals surface area contributed by atoms with Crippen molar-refractivity contribution in [2.24, 2.45) is 0 Å². The molecule has 0 N–H and O–H groups in total. The summed E-state index contributed by atoms with van der Waals surface area (Å²) in [4.78, 5) is 19.5. The van der Waals surface area contributed by atoms with E-state index in [9.17, 15) is 4.79 Å². The highest BCUT2D eigenvalue weighted by Gasteiger charge is 2.25. The number of aromatic nitrogens is 1. The molecule has 5 nitrogen and oxygen atoms in total. The average molecular weight is 342 g/mol. The fraction of sp³-hybridized carbons (Fsp3) is 0.550. The number of pyridine rings is 1. The van der Waals surface area contributed by atoms with Crippen LogP contribution in [0.25, 0.3) is 5.52 Å². The van der Waals surface area contributed by atoms with Crippen molar-refractivity contribution < 1.29 is 4.79 Å². The van der Waals surface area contributed by atoms with Gasteiger partial charge in [-0.1, -0.05) is 0 Å². The summed E-state index contributed by atoms with van der Waals surface area (Å²) in [6.07, 6.45) is 4.10. The summed E-state index contributed by atoms with van der Waals surface area (Å²) in [5.41, 5.74) is 1.91. The normalized spacial score (nSPS) is 16.0. The highest BCUT2D eigenvalue weighted by Crippen LogP contribution is 2.22. The molecule has 0 atom stereocenters. The molecule has 1 aliphatic heterocycles. The molecule has 0 spiro atoms. The van der Waals surface area contributed by atoms with Gasteiger partial charge in [0.25, 0.3) is 5.91 Å². The molecule has 25 heavy (non-hydrogen) atoms. The molecule has 0 aliphatic carbocycles. The Labute approximate surface area is 150 Å². The van der Waals surface area contributed by atoms with Crippen LogP contribution in [0.15, 0.2) is 30.5 Å². The Morgan fingerprint density at radius 2 is 1.72 bits per heavy atom. The summed E-state index contributed by atoms with van der Waals surface area (Å²) < 4.78 is 2.15. The van der Waals surface area contributed by atoms with Gasteiger partial charge in [-0.25, -0.2) is 0 Å². The molecule has 1 fully saturated rings. The van der Waals surface area contributed by atoms with Crippen LogP contribution in [0.3, 0.4) is 0 Å². The van der Waals surface area contributed by atoms with E-state index in [4.69, 9.17) is 0 Å². The summed E-state index contributed by atoms with van der Waals surface area (Å²) in [5, 5.41) is 0. The van der Waals surface area contributed by atoms with E-state index in [1.165, 1.54) is 0 Å². The van der Waals surface area contributed by atoms with Crippen LogP contribution in [-0.4, -0.2) is 66.4 Å². The number of carbonyl (C=O) groups is 1. The molecule has 1 saturated heterocycles. The quantitative estimate of drug-likeness (QED) is 0.837. The molecule has 0 unspecified atom stereocenters. The molecule has 5 heteroatoms. The molecule has 0 radical (unpaired) electrons. The minimum atomic E-state index is 0.151. The molecule has 2 aromatic rings. The van der Waals surface area contributed by atoms with E-state index in [-0.39, 0.29) is 5.91 Å². The number of amides is 1. The highest BCUT2D eigenvalue weighted by molar-refractivity contribution is 5.94. The lowest BCUT2D eigenvalue weighted by Crippen LogP contribution is -2.44. The second-order valence-electron chi connectivity index (χ2n) is 7.06. The van der Waals surface area contributed by atoms with Crippen molar-refractivity contribution >= 4 is 17.2 Å². The van der Waals surface area contributed by atoms with Crippen molar-refractivity contribution in [1.82, 2.24) is 14.2 Å². The maximum atomic E-state index is 12.9. The molecule has 0 bridgehead atoms. The summed E-state index contributed by atoms with van der Waals surface area (Å²) in [6.45, 7) is 7.92. The van der Waals surface area contributed by atoms with Crippen LogP contribution in [0.2, 0.25) is 0 Å². The summed E-state index contributed by atoms with van der Waals surface area (Å²) >= 11 is 0. The zero-order chi connectivity index (χ0) is 18.0. The van der Waals surface area contributed by atoms with Gasteiger partial charge in [-0.05, 0) is 65.0 Å². The highest BCUT2D eigenvalue weighted by atomic mass is 16.2. The van der Waals surface area contributed by atoms with Gasteiger partial charge in [0.2, 0.25) is 0 Å². The minimum Gasteiger partial charge on any atom is -0.358 e. The molecule has 3 heterocycles. The zero-order valence-electron chi connectivity index (χ0n) is 15.9. The van der Waals surface area contributed by atoms with Crippen LogP contribution >= 0.6 is 0 Å². The van der Waals surface area contributed by atoms with Crippen LogP contribution in [0.4, 0.5) is 5.82 Å². The van der Waals surface area contributed by atoms with Crippen LogP contribution in [0.5, 0.6) is 0 Å². The summed E-state index contributed by atoms with van der Waals surface area (Å²) in [6, 6.07) is 8.85. The molecule has 2 aromatic heterocycles. The van der Waals surface area contributed by atoms with E-state index in [0.717, 1.165) is 55.9 Å². The van der Waals surface area contributed by atoms with Crippen LogP contribution < -0.4 is 4.90 Å². The Kier molecular flexibility index (Phi) is 5.33. The van der Waals surface area contributed by atoms with Crippen LogP contribution in [0, 0.1) is 0 Å². The lowest BCUT2D eigenvalue weighted by atomic mass is 10.0. The van der Waals surface area contributed by atoms with Gasteiger partial charge >= 0.3 is 0 Å². The average Bonchev–Trinajstić information content (AvgIpc) is 3.05. The number of hydrogen-bond acceptors (Lipinski definition) is 3. The van der Waals surface area contributed by atoms with E-state index >= 15 is 0 Å². The van der Waals surface area contributed by atoms with Crippen LogP contribution in [0.1, 0.15) is 37.0 Å². The smallest absolute Gasteiger partial charge is 0.255 e. The number of anilines is 1. The topological polar surface area (TPSA) is 31.2 Å². The van der Waals surface area contributed by atoms with E-state index < -0.39 is 0 Å². The molecular weight excluding hydrogens is 312 g/mol. The van der Waals surface area contributed by atoms with Crippen molar-refractivity contribution in [2.75, 3.05) is 45.2 Å². The van der Waals surface area contributed by atoms with Crippen molar-refractivity contribution in [3.63, 3.8) is 0 Å². The monoisotopic (exact) mass is 342 g/mol. The molecule has 0 aromatic carbocycles. The molecule has 1 aliphatic rings. The lowest BCUT2D eigenvalue weighted by Gasteiger charge is -2.35. The lowest BCUT2D eigenvalue weighted by molar-refractivity contribution is 0.0663. The summed E-state index contributed by atoms with van der Waals surface area (Å²) in [7, 11) is 4.24. The van der Waals surface area contributed by atoms with Crippen LogP contribution in [-0.2, 0) is 0 Å². The van der Waals surface area contributed by atoms with Gasteiger partial charge in [-0.2, -0.15) is 0 Å². The van der Waals surface area contributed by atoms with E-state index in [2.05, 4.69) is 54.3 Å². The largest absolute Gasteiger partial charge is 0.358 e. The molecule has 136 valence electrons. The minimum absolute atomic E-state index is 0.151. The molecular formula is C20H30N4O. The first kappa shape index (κ1) is 17.8. The van der Waals surface area contributed by atoms with Crippen molar-refractivity contribution in [1.29, 1.82) is 0 Å². The Hall–Kier alpha value is -2.01. The van der Waals surface area contributed by atoms with E-state index in [1.54, 1.807) is 0 Å². The number of fused-ring (bicyclic) bond motifs is 1. The third-order valence-corrected chi connectivity index (χ3v) is 5.45. The van der Waals surface area contributed by atoms with Gasteiger partial charge in [0.05, 0.1) is 5.56 Å². The van der Waals surface area contributed by atoms with Gasteiger partial charge in [0, 0.05) is 43.9 Å². The maximum Gasteiger partial charge on any atom is 0.255 e. The fourth-order valence-corrected chi connectivity index (χ4v) is 3.79. The number of likely N-dealkylation sites (tertiary alicyclic amines) is 1. The first-order valence-corrected chi connectivity index (χ1v) is 9.37. The van der Waals surface area contributed by atoms with Crippen molar-refractivity contribution in [2.45, 2.75) is 32.7 Å². The number of carbonyl (C=O) groups excluding carboxylic acids is 1. The Morgan fingerprint density at radius 1 is 1.08 bits per heavy atom. The SMILES string of the molecule is CCN(CC)c1ccc2ccc(C(=O)N3CCC(N(C)C)CC3)cn12. The summed E-state index contributed by atoms with van der Waals surface area (Å²) in [5.74, 6) is 1.30. The Bertz CT molecular complexity index is 724. The Balaban J connectivity index is 1.81. The van der Waals surface area contributed by atoms with E-state index in [0.29, 0.717) is 6.04 Å². The van der Waals surface area contributed by atoms with Gasteiger partial charge in [0.15, 0.2) is 0 Å². The number of hydrogen-bond donors (Lipinski definition) is 0. The second kappa shape index (κ2) is 7.48.